The average molecular weight is 322 g/mol. The zero-order valence-corrected chi connectivity index (χ0v) is 13.7. The lowest BCUT2D eigenvalue weighted by atomic mass is 9.85. The molecule has 0 spiro atoms. The number of rotatable bonds is 4. The van der Waals surface area contributed by atoms with Crippen molar-refractivity contribution in [3.05, 3.63) is 66.1 Å². The molecule has 0 saturated carbocycles. The Labute approximate surface area is 141 Å². The van der Waals surface area contributed by atoms with Crippen LogP contribution in [0.2, 0.25) is 0 Å². The second kappa shape index (κ2) is 6.34. The first-order chi connectivity index (χ1) is 11.7. The van der Waals surface area contributed by atoms with E-state index in [1.807, 2.05) is 24.4 Å². The van der Waals surface area contributed by atoms with E-state index in [4.69, 9.17) is 0 Å². The molecule has 1 N–H and O–H groups in total. The van der Waals surface area contributed by atoms with Crippen molar-refractivity contribution < 1.29 is 5.11 Å². The van der Waals surface area contributed by atoms with E-state index in [-0.39, 0.29) is 0 Å². The molecule has 3 heterocycles. The van der Waals surface area contributed by atoms with E-state index in [2.05, 4.69) is 39.2 Å². The Hall–Kier alpha value is -2.24. The second-order valence-electron chi connectivity index (χ2n) is 6.76. The number of piperidine rings is 1. The summed E-state index contributed by atoms with van der Waals surface area (Å²) in [7, 11) is 0. The molecule has 0 aliphatic carbocycles. The van der Waals surface area contributed by atoms with Gasteiger partial charge in [-0.1, -0.05) is 30.3 Å². The molecule has 1 saturated heterocycles. The molecule has 0 radical (unpaired) electrons. The molecule has 2 aromatic heterocycles. The summed E-state index contributed by atoms with van der Waals surface area (Å²) in [5.74, 6) is 0. The molecule has 0 bridgehead atoms. The van der Waals surface area contributed by atoms with Crippen LogP contribution < -0.4 is 0 Å². The zero-order valence-electron chi connectivity index (χ0n) is 13.7. The number of nitrogens with zero attached hydrogens (tertiary/aromatic N) is 4. The lowest BCUT2D eigenvalue weighted by Gasteiger charge is -2.38. The van der Waals surface area contributed by atoms with E-state index < -0.39 is 5.60 Å². The highest BCUT2D eigenvalue weighted by Crippen LogP contribution is 2.27. The summed E-state index contributed by atoms with van der Waals surface area (Å²) < 4.78 is 1.78. The number of fused-ring (bicyclic) bond motifs is 1. The van der Waals surface area contributed by atoms with E-state index in [1.165, 1.54) is 11.1 Å². The van der Waals surface area contributed by atoms with Gasteiger partial charge in [-0.15, -0.1) is 0 Å². The molecule has 124 valence electrons. The van der Waals surface area contributed by atoms with Crippen LogP contribution in [0, 0.1) is 0 Å². The standard InChI is InChI=1S/C19H22N4O/c24-19(13-16-4-2-1-3-5-16)7-10-22(11-8-19)14-17-6-9-23-18(12-17)20-15-21-23/h1-6,9,12,15,24H,7-8,10-11,13-14H2. The van der Waals surface area contributed by atoms with Gasteiger partial charge in [-0.05, 0) is 36.1 Å². The minimum Gasteiger partial charge on any atom is -0.389 e. The number of hydrogen-bond acceptors (Lipinski definition) is 4. The predicted octanol–water partition coefficient (Wildman–Crippen LogP) is 2.30. The monoisotopic (exact) mass is 322 g/mol. The Morgan fingerprint density at radius 2 is 1.83 bits per heavy atom. The van der Waals surface area contributed by atoms with Crippen molar-refractivity contribution in [2.24, 2.45) is 0 Å². The third kappa shape index (κ3) is 3.32. The van der Waals surface area contributed by atoms with E-state index >= 15 is 0 Å². The highest BCUT2D eigenvalue weighted by Gasteiger charge is 2.32. The van der Waals surface area contributed by atoms with Gasteiger partial charge in [-0.3, -0.25) is 4.90 Å². The maximum Gasteiger partial charge on any atom is 0.155 e. The molecule has 1 aromatic carbocycles. The molecule has 5 heteroatoms. The van der Waals surface area contributed by atoms with Crippen molar-refractivity contribution in [3.8, 4) is 0 Å². The number of benzene rings is 1. The maximum atomic E-state index is 10.9. The lowest BCUT2D eigenvalue weighted by Crippen LogP contribution is -2.45. The third-order valence-corrected chi connectivity index (χ3v) is 4.91. The molecular formula is C19H22N4O. The van der Waals surface area contributed by atoms with E-state index in [0.717, 1.165) is 44.5 Å². The number of hydrogen-bond donors (Lipinski definition) is 1. The number of aliphatic hydroxyl groups is 1. The molecular weight excluding hydrogens is 300 g/mol. The van der Waals surface area contributed by atoms with Crippen LogP contribution in [0.3, 0.4) is 0 Å². The van der Waals surface area contributed by atoms with Crippen LogP contribution in [-0.4, -0.2) is 43.3 Å². The van der Waals surface area contributed by atoms with Crippen molar-refractivity contribution >= 4 is 5.65 Å². The zero-order chi connectivity index (χ0) is 16.4. The Balaban J connectivity index is 1.37. The molecule has 1 aliphatic rings. The fourth-order valence-electron chi connectivity index (χ4n) is 3.49. The SMILES string of the molecule is OC1(Cc2ccccc2)CCN(Cc2ccn3ncnc3c2)CC1. The summed E-state index contributed by atoms with van der Waals surface area (Å²) in [5.41, 5.74) is 2.76. The summed E-state index contributed by atoms with van der Waals surface area (Å²) in [4.78, 5) is 6.64. The van der Waals surface area contributed by atoms with Crippen LogP contribution in [0.5, 0.6) is 0 Å². The van der Waals surface area contributed by atoms with Crippen molar-refractivity contribution in [1.82, 2.24) is 19.5 Å². The van der Waals surface area contributed by atoms with E-state index in [1.54, 1.807) is 10.8 Å². The van der Waals surface area contributed by atoms with Gasteiger partial charge in [0.25, 0.3) is 0 Å². The molecule has 0 amide bonds. The minimum absolute atomic E-state index is 0.575. The van der Waals surface area contributed by atoms with Crippen molar-refractivity contribution in [1.29, 1.82) is 0 Å². The van der Waals surface area contributed by atoms with Gasteiger partial charge >= 0.3 is 0 Å². The Morgan fingerprint density at radius 3 is 2.62 bits per heavy atom. The largest absolute Gasteiger partial charge is 0.389 e. The van der Waals surface area contributed by atoms with Crippen molar-refractivity contribution in [2.45, 2.75) is 31.4 Å². The molecule has 3 aromatic rings. The van der Waals surface area contributed by atoms with Gasteiger partial charge in [-0.25, -0.2) is 9.50 Å². The molecule has 1 fully saturated rings. The normalized spacial score (nSPS) is 18.0. The van der Waals surface area contributed by atoms with Crippen molar-refractivity contribution in [2.75, 3.05) is 13.1 Å². The quantitative estimate of drug-likeness (QED) is 0.801. The first-order valence-electron chi connectivity index (χ1n) is 8.47. The van der Waals surface area contributed by atoms with Crippen LogP contribution in [0.25, 0.3) is 5.65 Å². The van der Waals surface area contributed by atoms with Gasteiger partial charge in [0.1, 0.15) is 6.33 Å². The van der Waals surface area contributed by atoms with Gasteiger partial charge in [0.2, 0.25) is 0 Å². The van der Waals surface area contributed by atoms with Gasteiger partial charge in [0.15, 0.2) is 5.65 Å². The van der Waals surface area contributed by atoms with Gasteiger partial charge in [0.05, 0.1) is 5.60 Å². The van der Waals surface area contributed by atoms with Gasteiger partial charge in [0, 0.05) is 32.3 Å². The van der Waals surface area contributed by atoms with Crippen LogP contribution in [0.15, 0.2) is 55.0 Å². The highest BCUT2D eigenvalue weighted by atomic mass is 16.3. The molecule has 24 heavy (non-hydrogen) atoms. The third-order valence-electron chi connectivity index (χ3n) is 4.91. The fourth-order valence-corrected chi connectivity index (χ4v) is 3.49. The topological polar surface area (TPSA) is 53.7 Å². The van der Waals surface area contributed by atoms with Crippen molar-refractivity contribution in [3.63, 3.8) is 0 Å². The molecule has 1 aliphatic heterocycles. The van der Waals surface area contributed by atoms with Gasteiger partial charge in [-0.2, -0.15) is 5.10 Å². The number of aromatic nitrogens is 3. The molecule has 0 unspecified atom stereocenters. The van der Waals surface area contributed by atoms with Gasteiger partial charge < -0.3 is 5.11 Å². The Bertz CT molecular complexity index is 806. The predicted molar refractivity (Wildman–Crippen MR) is 92.6 cm³/mol. The molecule has 4 rings (SSSR count). The van der Waals surface area contributed by atoms with Crippen LogP contribution in [-0.2, 0) is 13.0 Å². The number of pyridine rings is 1. The smallest absolute Gasteiger partial charge is 0.155 e. The molecule has 5 nitrogen and oxygen atoms in total. The lowest BCUT2D eigenvalue weighted by molar-refractivity contribution is -0.0224. The summed E-state index contributed by atoms with van der Waals surface area (Å²) in [6.07, 6.45) is 5.90. The van der Waals surface area contributed by atoms with Crippen LogP contribution in [0.4, 0.5) is 0 Å². The second-order valence-corrected chi connectivity index (χ2v) is 6.76. The number of likely N-dealkylation sites (tertiary alicyclic amines) is 1. The Morgan fingerprint density at radius 1 is 1.04 bits per heavy atom. The first-order valence-corrected chi connectivity index (χ1v) is 8.47. The minimum atomic E-state index is -0.575. The fraction of sp³-hybridized carbons (Fsp3) is 0.368. The summed E-state index contributed by atoms with van der Waals surface area (Å²) in [6, 6.07) is 14.5. The Kier molecular flexibility index (Phi) is 4.04. The summed E-state index contributed by atoms with van der Waals surface area (Å²) in [6.45, 7) is 2.73. The molecule has 0 atom stereocenters. The highest BCUT2D eigenvalue weighted by molar-refractivity contribution is 5.39. The summed E-state index contributed by atoms with van der Waals surface area (Å²) in [5, 5.41) is 15.0. The van der Waals surface area contributed by atoms with E-state index in [0.29, 0.717) is 0 Å². The van der Waals surface area contributed by atoms with Crippen LogP contribution in [0.1, 0.15) is 24.0 Å². The van der Waals surface area contributed by atoms with E-state index in [9.17, 15) is 5.11 Å². The first kappa shape index (κ1) is 15.3. The average Bonchev–Trinajstić information content (AvgIpc) is 3.06. The summed E-state index contributed by atoms with van der Waals surface area (Å²) >= 11 is 0. The maximum absolute atomic E-state index is 10.9. The van der Waals surface area contributed by atoms with Crippen LogP contribution >= 0.6 is 0 Å².